The molecule has 0 radical (unpaired) electrons. The minimum Gasteiger partial charge on any atom is -0.374 e. The van der Waals surface area contributed by atoms with Crippen LogP contribution in [0, 0.1) is 0 Å². The van der Waals surface area contributed by atoms with Gasteiger partial charge in [-0.05, 0) is 33.2 Å². The molecule has 1 N–H and O–H groups in total. The Morgan fingerprint density at radius 1 is 0.947 bits per heavy atom. The lowest BCUT2D eigenvalue weighted by Crippen LogP contribution is -2.50. The van der Waals surface area contributed by atoms with Crippen molar-refractivity contribution in [3.8, 4) is 0 Å². The topological polar surface area (TPSA) is 21.3 Å². The highest BCUT2D eigenvalue weighted by Crippen LogP contribution is 2.24. The van der Waals surface area contributed by atoms with Gasteiger partial charge in [-0.25, -0.2) is 0 Å². The van der Waals surface area contributed by atoms with Gasteiger partial charge in [-0.1, -0.05) is 59.3 Å². The number of rotatable bonds is 13. The Hall–Kier alpha value is -0.0800. The molecule has 2 unspecified atom stereocenters. The fraction of sp³-hybridized carbons (Fsp3) is 1.00. The highest BCUT2D eigenvalue weighted by Gasteiger charge is 2.31. The first-order chi connectivity index (χ1) is 9.14. The van der Waals surface area contributed by atoms with Crippen molar-refractivity contribution in [2.24, 2.45) is 0 Å². The molecule has 0 saturated carbocycles. The molecule has 0 saturated heterocycles. The van der Waals surface area contributed by atoms with E-state index in [0.717, 1.165) is 19.6 Å². The molecule has 0 aliphatic heterocycles. The Labute approximate surface area is 121 Å². The van der Waals surface area contributed by atoms with Crippen LogP contribution in [0.25, 0.3) is 0 Å². The molecule has 2 nitrogen and oxygen atoms in total. The average molecular weight is 271 g/mol. The fourth-order valence-electron chi connectivity index (χ4n) is 2.78. The predicted molar refractivity (Wildman–Crippen MR) is 85.8 cm³/mol. The maximum atomic E-state index is 6.03. The highest BCUT2D eigenvalue weighted by molar-refractivity contribution is 4.88. The number of nitrogens with one attached hydrogen (secondary N) is 1. The molecular weight excluding hydrogens is 234 g/mol. The molecule has 0 spiro atoms. The summed E-state index contributed by atoms with van der Waals surface area (Å²) in [6, 6.07) is 0.494. The van der Waals surface area contributed by atoms with Crippen molar-refractivity contribution in [2.75, 3.05) is 13.2 Å². The summed E-state index contributed by atoms with van der Waals surface area (Å²) < 4.78 is 6.03. The van der Waals surface area contributed by atoms with Crippen LogP contribution in [0.15, 0.2) is 0 Å². The second kappa shape index (κ2) is 11.7. The van der Waals surface area contributed by atoms with Crippen molar-refractivity contribution in [2.45, 2.75) is 97.6 Å². The molecule has 0 aliphatic rings. The molecule has 0 aromatic rings. The number of hydrogen-bond acceptors (Lipinski definition) is 2. The molecule has 2 heteroatoms. The number of unbranched alkanes of at least 4 members (excludes halogenated alkanes) is 5. The molecule has 0 aromatic heterocycles. The Kier molecular flexibility index (Phi) is 11.7. The second-order valence-corrected chi connectivity index (χ2v) is 5.77. The van der Waals surface area contributed by atoms with Crippen molar-refractivity contribution in [1.82, 2.24) is 5.32 Å². The Bertz CT molecular complexity index is 196. The summed E-state index contributed by atoms with van der Waals surface area (Å²) in [4.78, 5) is 0. The summed E-state index contributed by atoms with van der Waals surface area (Å²) in [6.07, 6.45) is 10.5. The molecule has 0 amide bonds. The van der Waals surface area contributed by atoms with Crippen molar-refractivity contribution in [3.63, 3.8) is 0 Å². The van der Waals surface area contributed by atoms with Gasteiger partial charge < -0.3 is 10.1 Å². The fourth-order valence-corrected chi connectivity index (χ4v) is 2.78. The summed E-state index contributed by atoms with van der Waals surface area (Å²) in [5.41, 5.74) is -0.00578. The van der Waals surface area contributed by atoms with E-state index in [-0.39, 0.29) is 5.60 Å². The Morgan fingerprint density at radius 3 is 2.11 bits per heavy atom. The van der Waals surface area contributed by atoms with Crippen molar-refractivity contribution >= 4 is 0 Å². The first kappa shape index (κ1) is 18.9. The van der Waals surface area contributed by atoms with E-state index in [1.54, 1.807) is 0 Å². The van der Waals surface area contributed by atoms with Crippen LogP contribution >= 0.6 is 0 Å². The van der Waals surface area contributed by atoms with E-state index >= 15 is 0 Å². The summed E-state index contributed by atoms with van der Waals surface area (Å²) in [5.74, 6) is 0. The lowest BCUT2D eigenvalue weighted by atomic mass is 9.88. The third-order valence-corrected chi connectivity index (χ3v) is 4.21. The van der Waals surface area contributed by atoms with E-state index < -0.39 is 0 Å². The number of likely N-dealkylation sites (N-methyl/N-ethyl adjacent to an activating group) is 1. The van der Waals surface area contributed by atoms with Crippen LogP contribution in [0.4, 0.5) is 0 Å². The molecule has 0 fully saturated rings. The van der Waals surface area contributed by atoms with Crippen LogP contribution in [-0.4, -0.2) is 24.8 Å². The minimum atomic E-state index is -0.00578. The molecule has 0 rings (SSSR count). The van der Waals surface area contributed by atoms with E-state index in [4.69, 9.17) is 4.74 Å². The van der Waals surface area contributed by atoms with Gasteiger partial charge in [-0.2, -0.15) is 0 Å². The van der Waals surface area contributed by atoms with Crippen molar-refractivity contribution in [3.05, 3.63) is 0 Å². The van der Waals surface area contributed by atoms with Gasteiger partial charge in [0.2, 0.25) is 0 Å². The summed E-state index contributed by atoms with van der Waals surface area (Å²) in [5, 5.41) is 3.64. The van der Waals surface area contributed by atoms with Crippen LogP contribution in [-0.2, 0) is 4.74 Å². The van der Waals surface area contributed by atoms with Gasteiger partial charge in [0.15, 0.2) is 0 Å². The number of hydrogen-bond donors (Lipinski definition) is 1. The predicted octanol–water partition coefficient (Wildman–Crippen LogP) is 4.92. The van der Waals surface area contributed by atoms with Crippen LogP contribution in [0.5, 0.6) is 0 Å². The van der Waals surface area contributed by atoms with Crippen LogP contribution in [0.3, 0.4) is 0 Å². The van der Waals surface area contributed by atoms with Gasteiger partial charge in [-0.3, -0.25) is 0 Å². The molecule has 2 atom stereocenters. The summed E-state index contributed by atoms with van der Waals surface area (Å²) in [7, 11) is 0. The van der Waals surface area contributed by atoms with E-state index in [0.29, 0.717) is 6.04 Å². The van der Waals surface area contributed by atoms with Crippen LogP contribution < -0.4 is 5.32 Å². The molecule has 0 aliphatic carbocycles. The zero-order chi connectivity index (χ0) is 14.6. The smallest absolute Gasteiger partial charge is 0.0803 e. The van der Waals surface area contributed by atoms with Gasteiger partial charge in [0.05, 0.1) is 5.60 Å². The molecule has 19 heavy (non-hydrogen) atoms. The minimum absolute atomic E-state index is 0.00578. The Morgan fingerprint density at radius 2 is 1.58 bits per heavy atom. The van der Waals surface area contributed by atoms with Gasteiger partial charge in [0.1, 0.15) is 0 Å². The standard InChI is InChI=1S/C17H37NO/c1-6-10-11-12-13-14-15-16(18-8-3)17(5,7-2)19-9-4/h16,18H,6-15H2,1-5H3. The average Bonchev–Trinajstić information content (AvgIpc) is 2.41. The normalized spacial score (nSPS) is 16.3. The molecule has 0 bridgehead atoms. The molecule has 0 aromatic carbocycles. The lowest BCUT2D eigenvalue weighted by Gasteiger charge is -2.37. The third kappa shape index (κ3) is 7.94. The number of ether oxygens (including phenoxy) is 1. The van der Waals surface area contributed by atoms with Gasteiger partial charge in [-0.15, -0.1) is 0 Å². The molecule has 0 heterocycles. The first-order valence-corrected chi connectivity index (χ1v) is 8.51. The second-order valence-electron chi connectivity index (χ2n) is 5.77. The van der Waals surface area contributed by atoms with Crippen molar-refractivity contribution in [1.29, 1.82) is 0 Å². The molecular formula is C17H37NO. The zero-order valence-corrected chi connectivity index (χ0v) is 14.1. The van der Waals surface area contributed by atoms with Gasteiger partial charge in [0, 0.05) is 12.6 Å². The lowest BCUT2D eigenvalue weighted by molar-refractivity contribution is -0.0571. The summed E-state index contributed by atoms with van der Waals surface area (Å²) in [6.45, 7) is 12.9. The van der Waals surface area contributed by atoms with E-state index in [2.05, 4.69) is 39.9 Å². The van der Waals surface area contributed by atoms with E-state index in [1.807, 2.05) is 0 Å². The summed E-state index contributed by atoms with van der Waals surface area (Å²) >= 11 is 0. The van der Waals surface area contributed by atoms with Gasteiger partial charge >= 0.3 is 0 Å². The van der Waals surface area contributed by atoms with E-state index in [9.17, 15) is 0 Å². The zero-order valence-electron chi connectivity index (χ0n) is 14.1. The van der Waals surface area contributed by atoms with Gasteiger partial charge in [0.25, 0.3) is 0 Å². The SMILES string of the molecule is CCCCCCCCC(NCC)C(C)(CC)OCC. The first-order valence-electron chi connectivity index (χ1n) is 8.51. The maximum absolute atomic E-state index is 6.03. The largest absolute Gasteiger partial charge is 0.374 e. The monoisotopic (exact) mass is 271 g/mol. The quantitative estimate of drug-likeness (QED) is 0.480. The van der Waals surface area contributed by atoms with Crippen LogP contribution in [0.2, 0.25) is 0 Å². The maximum Gasteiger partial charge on any atom is 0.0803 e. The Balaban J connectivity index is 4.09. The van der Waals surface area contributed by atoms with Crippen molar-refractivity contribution < 1.29 is 4.74 Å². The highest BCUT2D eigenvalue weighted by atomic mass is 16.5. The molecule has 116 valence electrons. The third-order valence-electron chi connectivity index (χ3n) is 4.21. The van der Waals surface area contributed by atoms with E-state index in [1.165, 1.54) is 44.9 Å². The van der Waals surface area contributed by atoms with Crippen LogP contribution in [0.1, 0.15) is 86.0 Å².